The molecule has 0 saturated heterocycles. The van der Waals surface area contributed by atoms with E-state index in [2.05, 4.69) is 210 Å². The Kier molecular flexibility index (Phi) is 10.5. The van der Waals surface area contributed by atoms with Crippen molar-refractivity contribution in [2.75, 3.05) is 9.80 Å². The molecule has 0 radical (unpaired) electrons. The van der Waals surface area contributed by atoms with Crippen molar-refractivity contribution in [2.24, 2.45) is 0 Å². The molecule has 0 fully saturated rings. The number of aromatic nitrogens is 2. The Hall–Kier alpha value is -5.68. The number of anilines is 4. The molecule has 1 aliphatic rings. The zero-order valence-corrected chi connectivity index (χ0v) is 39.4. The van der Waals surface area contributed by atoms with E-state index in [0.717, 1.165) is 45.0 Å². The van der Waals surface area contributed by atoms with Gasteiger partial charge in [-0.1, -0.05) is 133 Å². The summed E-state index contributed by atoms with van der Waals surface area (Å²) in [5.74, 6) is 2.07. The number of fused-ring (bicyclic) bond motifs is 6. The van der Waals surface area contributed by atoms with Gasteiger partial charge in [-0.3, -0.25) is 0 Å². The van der Waals surface area contributed by atoms with Crippen LogP contribution in [0, 0.1) is 18.8 Å². The first-order chi connectivity index (χ1) is 29.2. The maximum Gasteiger partial charge on any atom is 0.135 e. The summed E-state index contributed by atoms with van der Waals surface area (Å²) in [6.45, 7) is 20.4. The van der Waals surface area contributed by atoms with Crippen molar-refractivity contribution in [3.05, 3.63) is 187 Å². The molecule has 0 unspecified atom stereocenters. The second-order valence-electron chi connectivity index (χ2n) is 18.7. The van der Waals surface area contributed by atoms with Crippen molar-refractivity contribution < 1.29 is 25.8 Å². The summed E-state index contributed by atoms with van der Waals surface area (Å²) >= 11 is 1.81. The fourth-order valence-electron chi connectivity index (χ4n) is 8.49. The summed E-state index contributed by atoms with van der Waals surface area (Å²) in [7, 11) is 0. The minimum absolute atomic E-state index is 0. The van der Waals surface area contributed by atoms with E-state index < -0.39 is 0 Å². The summed E-state index contributed by atoms with van der Waals surface area (Å²) in [6.07, 6.45) is 1.93. The van der Waals surface area contributed by atoms with Crippen molar-refractivity contribution in [3.8, 4) is 17.3 Å². The van der Waals surface area contributed by atoms with Crippen LogP contribution >= 0.6 is 11.3 Å². The summed E-state index contributed by atoms with van der Waals surface area (Å²) in [5, 5.41) is 2.31. The van der Waals surface area contributed by atoms with Crippen LogP contribution in [0.5, 0.6) is 11.5 Å². The van der Waals surface area contributed by atoms with Gasteiger partial charge in [0.15, 0.2) is 0 Å². The third-order valence-corrected chi connectivity index (χ3v) is 13.3. The molecule has 0 bridgehead atoms. The molecule has 5 nitrogen and oxygen atoms in total. The molecule has 3 aromatic heterocycles. The Labute approximate surface area is 383 Å². The fourth-order valence-corrected chi connectivity index (χ4v) is 9.71. The van der Waals surface area contributed by atoms with Gasteiger partial charge in [-0.25, -0.2) is 4.98 Å². The summed E-state index contributed by atoms with van der Waals surface area (Å²) in [5.41, 5.74) is 11.1. The van der Waals surface area contributed by atoms with Crippen LogP contribution in [0.1, 0.15) is 77.6 Å². The molecule has 9 aromatic rings. The molecule has 10 rings (SSSR count). The van der Waals surface area contributed by atoms with Crippen molar-refractivity contribution in [1.82, 2.24) is 9.55 Å². The predicted octanol–water partition coefficient (Wildman–Crippen LogP) is 15.1. The Bertz CT molecular complexity index is 3080. The molecule has 0 spiro atoms. The topological polar surface area (TPSA) is 33.5 Å². The van der Waals surface area contributed by atoms with E-state index in [9.17, 15) is 0 Å². The van der Waals surface area contributed by atoms with E-state index in [1.807, 2.05) is 35.7 Å². The maximum absolute atomic E-state index is 6.68. The van der Waals surface area contributed by atoms with Crippen LogP contribution in [0.25, 0.3) is 37.0 Å². The number of para-hydroxylation sites is 2. The molecule has 4 heterocycles. The molecule has 0 atom stereocenters. The standard InChI is InChI=1S/C55H49N4OS.Pt/c1-53(2,3)38-29-39(54(4,5)6)31-41(30-38)58-35-57(46-22-13-14-23-47(46)58)40-19-16-20-42(33-40)60-43-25-26-44-48(34-43)59(51-45-21-12-15-24-49(45)61-52(44)51)50-32-37(27-28-56-50)55(7,8)36-17-10-9-11-18-36;/h9-32,35H,1-8H3;/q-3;. The molecule has 314 valence electrons. The first-order valence-corrected chi connectivity index (χ1v) is 21.8. The van der Waals surface area contributed by atoms with Gasteiger partial charge in [-0.15, -0.1) is 54.0 Å². The Morgan fingerprint density at radius 2 is 1.24 bits per heavy atom. The number of thiophene rings is 1. The SMILES string of the molecule is CC(C)(C)c1cc(N2[CH-]N(c3[c-]c(Oc4[c-]c5c(cc4)c4sc6ccccc6c4n5-c4cc(C(C)(C)c5ccccc5)ccn4)ccc3)c3ccccc32)cc(C(C)(C)C)c1.[Pt]. The second-order valence-corrected chi connectivity index (χ2v) is 19.8. The number of rotatable bonds is 7. The van der Waals surface area contributed by atoms with Crippen LogP contribution in [0.3, 0.4) is 0 Å². The number of pyridine rings is 1. The number of nitrogens with zero attached hydrogens (tertiary/aromatic N) is 4. The van der Waals surface area contributed by atoms with Crippen molar-refractivity contribution >= 4 is 65.3 Å². The summed E-state index contributed by atoms with van der Waals surface area (Å²) in [4.78, 5) is 9.52. The van der Waals surface area contributed by atoms with Crippen LogP contribution in [-0.4, -0.2) is 9.55 Å². The monoisotopic (exact) mass is 1010 g/mol. The van der Waals surface area contributed by atoms with Crippen molar-refractivity contribution in [1.29, 1.82) is 0 Å². The minimum Gasteiger partial charge on any atom is -0.509 e. The van der Waals surface area contributed by atoms with Gasteiger partial charge >= 0.3 is 0 Å². The zero-order valence-electron chi connectivity index (χ0n) is 36.4. The Balaban J connectivity index is 0.00000490. The van der Waals surface area contributed by atoms with Gasteiger partial charge in [0.2, 0.25) is 0 Å². The quantitative estimate of drug-likeness (QED) is 0.149. The molecule has 0 N–H and O–H groups in total. The Morgan fingerprint density at radius 3 is 1.97 bits per heavy atom. The third kappa shape index (κ3) is 7.31. The van der Waals surface area contributed by atoms with E-state index in [1.54, 1.807) is 0 Å². The minimum atomic E-state index is -0.229. The van der Waals surface area contributed by atoms with E-state index >= 15 is 0 Å². The van der Waals surface area contributed by atoms with Gasteiger partial charge in [-0.2, -0.15) is 12.1 Å². The van der Waals surface area contributed by atoms with Gasteiger partial charge in [0.25, 0.3) is 0 Å². The molecule has 62 heavy (non-hydrogen) atoms. The predicted molar refractivity (Wildman–Crippen MR) is 256 cm³/mol. The Morgan fingerprint density at radius 1 is 0.581 bits per heavy atom. The van der Waals surface area contributed by atoms with E-state index in [4.69, 9.17) is 9.72 Å². The van der Waals surface area contributed by atoms with Gasteiger partial charge in [-0.05, 0) is 75.5 Å². The fraction of sp³-hybridized carbons (Fsp3) is 0.200. The molecule has 0 aliphatic carbocycles. The number of hydrogen-bond acceptors (Lipinski definition) is 5. The zero-order chi connectivity index (χ0) is 42.3. The molecule has 0 saturated carbocycles. The number of hydrogen-bond donors (Lipinski definition) is 0. The second kappa shape index (κ2) is 15.6. The van der Waals surface area contributed by atoms with Crippen molar-refractivity contribution in [2.45, 2.75) is 71.6 Å². The number of ether oxygens (including phenoxy) is 1. The van der Waals surface area contributed by atoms with E-state index in [0.29, 0.717) is 11.5 Å². The van der Waals surface area contributed by atoms with Crippen LogP contribution in [0.15, 0.2) is 146 Å². The largest absolute Gasteiger partial charge is 0.509 e. The third-order valence-electron chi connectivity index (χ3n) is 12.1. The first-order valence-electron chi connectivity index (χ1n) is 21.0. The van der Waals surface area contributed by atoms with Gasteiger partial charge in [0, 0.05) is 76.0 Å². The van der Waals surface area contributed by atoms with Crippen LogP contribution in [-0.2, 0) is 37.3 Å². The van der Waals surface area contributed by atoms with Crippen LogP contribution in [0.4, 0.5) is 22.7 Å². The van der Waals surface area contributed by atoms with Gasteiger partial charge in [0.05, 0.1) is 5.52 Å². The summed E-state index contributed by atoms with van der Waals surface area (Å²) in [6, 6.07) is 56.8. The van der Waals surface area contributed by atoms with E-state index in [1.165, 1.54) is 37.0 Å². The van der Waals surface area contributed by atoms with Crippen LogP contribution < -0.4 is 14.5 Å². The normalized spacial score (nSPS) is 13.2. The average molecular weight is 1010 g/mol. The van der Waals surface area contributed by atoms with Crippen molar-refractivity contribution in [3.63, 3.8) is 0 Å². The molecule has 7 heteroatoms. The molecule has 0 amide bonds. The molecule has 6 aromatic carbocycles. The molecular formula is C55H49N4OPtS-3. The number of benzene rings is 6. The summed E-state index contributed by atoms with van der Waals surface area (Å²) < 4.78 is 11.4. The van der Waals surface area contributed by atoms with E-state index in [-0.39, 0.29) is 37.3 Å². The maximum atomic E-state index is 6.68. The molecule has 1 aliphatic heterocycles. The van der Waals surface area contributed by atoms with Crippen LogP contribution in [0.2, 0.25) is 0 Å². The average Bonchev–Trinajstić information content (AvgIpc) is 3.92. The smallest absolute Gasteiger partial charge is 0.135 e. The van der Waals surface area contributed by atoms with Gasteiger partial charge in [0.1, 0.15) is 5.82 Å². The molecular weight excluding hydrogens is 960 g/mol. The first kappa shape index (κ1) is 41.7. The van der Waals surface area contributed by atoms with Gasteiger partial charge < -0.3 is 19.1 Å².